The van der Waals surface area contributed by atoms with Gasteiger partial charge in [0.25, 0.3) is 0 Å². The first-order valence-corrected chi connectivity index (χ1v) is 7.25. The average molecular weight is 318 g/mol. The van der Waals surface area contributed by atoms with Gasteiger partial charge in [0.1, 0.15) is 5.82 Å². The number of rotatable bonds is 4. The molecule has 0 radical (unpaired) electrons. The van der Waals surface area contributed by atoms with Gasteiger partial charge in [-0.1, -0.05) is 19.1 Å². The second kappa shape index (κ2) is 6.15. The van der Waals surface area contributed by atoms with Crippen LogP contribution in [0.25, 0.3) is 0 Å². The van der Waals surface area contributed by atoms with E-state index < -0.39 is 23.7 Å². The van der Waals surface area contributed by atoms with Crippen LogP contribution in [0.15, 0.2) is 30.3 Å². The Morgan fingerprint density at radius 3 is 2.38 bits per heavy atom. The van der Waals surface area contributed by atoms with Crippen molar-refractivity contribution in [3.8, 4) is 0 Å². The van der Waals surface area contributed by atoms with Gasteiger partial charge in [0.15, 0.2) is 0 Å². The highest BCUT2D eigenvalue weighted by Gasteiger charge is 2.35. The molecule has 0 aliphatic heterocycles. The third kappa shape index (κ3) is 3.63. The molecule has 0 saturated heterocycles. The Bertz CT molecular complexity index is 618. The number of halogens is 4. The fourth-order valence-electron chi connectivity index (χ4n) is 2.05. The zero-order valence-corrected chi connectivity index (χ0v) is 12.1. The molecule has 0 bridgehead atoms. The van der Waals surface area contributed by atoms with E-state index in [0.29, 0.717) is 6.07 Å². The number of aliphatic hydroxyl groups excluding tert-OH is 1. The van der Waals surface area contributed by atoms with Gasteiger partial charge in [0, 0.05) is 21.7 Å². The molecule has 0 amide bonds. The smallest absolute Gasteiger partial charge is 0.388 e. The lowest BCUT2D eigenvalue weighted by Crippen LogP contribution is -2.12. The highest BCUT2D eigenvalue weighted by Crippen LogP contribution is 2.35. The number of aliphatic hydroxyl groups is 1. The summed E-state index contributed by atoms with van der Waals surface area (Å²) in [5.41, 5.74) is -1.67. The van der Waals surface area contributed by atoms with Crippen LogP contribution in [0.4, 0.5) is 17.6 Å². The van der Waals surface area contributed by atoms with Crippen molar-refractivity contribution in [2.75, 3.05) is 0 Å². The Morgan fingerprint density at radius 1 is 1.14 bits per heavy atom. The Labute approximate surface area is 123 Å². The molecule has 1 unspecified atom stereocenters. The predicted octanol–water partition coefficient (Wildman–Crippen LogP) is 4.74. The van der Waals surface area contributed by atoms with Gasteiger partial charge < -0.3 is 5.11 Å². The molecule has 0 aliphatic rings. The molecular formula is C15H14F4OS. The van der Waals surface area contributed by atoms with Gasteiger partial charge in [0.05, 0.1) is 11.7 Å². The molecule has 2 aromatic rings. The van der Waals surface area contributed by atoms with Crippen LogP contribution in [0.1, 0.15) is 33.9 Å². The molecule has 21 heavy (non-hydrogen) atoms. The molecule has 6 heteroatoms. The first-order valence-electron chi connectivity index (χ1n) is 6.44. The standard InChI is InChI=1S/C15H14F4OS/c1-2-9-6-7-10(21-9)8-13(20)11-4-3-5-12(14(11)16)15(17,18)19/h3-7,13,20H,2,8H2,1H3. The zero-order chi connectivity index (χ0) is 15.6. The molecule has 0 spiro atoms. The van der Waals surface area contributed by atoms with E-state index >= 15 is 0 Å². The average Bonchev–Trinajstić information content (AvgIpc) is 2.85. The number of hydrogen-bond acceptors (Lipinski definition) is 2. The van der Waals surface area contributed by atoms with Crippen molar-refractivity contribution in [3.05, 3.63) is 57.0 Å². The lowest BCUT2D eigenvalue weighted by molar-refractivity contribution is -0.140. The third-order valence-electron chi connectivity index (χ3n) is 3.15. The molecular weight excluding hydrogens is 304 g/mol. The van der Waals surface area contributed by atoms with E-state index in [-0.39, 0.29) is 12.0 Å². The van der Waals surface area contributed by atoms with Crippen molar-refractivity contribution in [1.82, 2.24) is 0 Å². The van der Waals surface area contributed by atoms with Gasteiger partial charge in [-0.3, -0.25) is 0 Å². The lowest BCUT2D eigenvalue weighted by atomic mass is 10.0. The van der Waals surface area contributed by atoms with E-state index in [1.54, 1.807) is 6.07 Å². The van der Waals surface area contributed by atoms with Crippen LogP contribution in [-0.4, -0.2) is 5.11 Å². The summed E-state index contributed by atoms with van der Waals surface area (Å²) in [5.74, 6) is -1.40. The number of aryl methyl sites for hydroxylation is 1. The Hall–Kier alpha value is -1.40. The van der Waals surface area contributed by atoms with E-state index in [4.69, 9.17) is 0 Å². The monoisotopic (exact) mass is 318 g/mol. The first-order chi connectivity index (χ1) is 9.82. The van der Waals surface area contributed by atoms with Crippen molar-refractivity contribution in [2.45, 2.75) is 32.0 Å². The third-order valence-corrected chi connectivity index (χ3v) is 4.41. The molecule has 2 rings (SSSR count). The Morgan fingerprint density at radius 2 is 1.81 bits per heavy atom. The molecule has 1 aromatic carbocycles. The summed E-state index contributed by atoms with van der Waals surface area (Å²) >= 11 is 1.47. The van der Waals surface area contributed by atoms with Crippen molar-refractivity contribution in [1.29, 1.82) is 0 Å². The molecule has 114 valence electrons. The summed E-state index contributed by atoms with van der Waals surface area (Å²) in [6, 6.07) is 6.67. The molecule has 0 aliphatic carbocycles. The molecule has 1 heterocycles. The number of thiophene rings is 1. The maximum absolute atomic E-state index is 13.9. The Kier molecular flexibility index (Phi) is 4.68. The number of benzene rings is 1. The number of alkyl halides is 3. The van der Waals surface area contributed by atoms with Crippen molar-refractivity contribution < 1.29 is 22.7 Å². The van der Waals surface area contributed by atoms with E-state index in [2.05, 4.69) is 0 Å². The largest absolute Gasteiger partial charge is 0.419 e. The molecule has 0 fully saturated rings. The molecule has 1 aromatic heterocycles. The van der Waals surface area contributed by atoms with Crippen LogP contribution in [-0.2, 0) is 19.0 Å². The maximum atomic E-state index is 13.9. The van der Waals surface area contributed by atoms with Crippen LogP contribution < -0.4 is 0 Å². The van der Waals surface area contributed by atoms with Crippen LogP contribution in [0, 0.1) is 5.82 Å². The maximum Gasteiger partial charge on any atom is 0.419 e. The van der Waals surface area contributed by atoms with Crippen molar-refractivity contribution in [2.24, 2.45) is 0 Å². The molecule has 1 atom stereocenters. The van der Waals surface area contributed by atoms with E-state index in [1.165, 1.54) is 17.4 Å². The predicted molar refractivity (Wildman–Crippen MR) is 73.8 cm³/mol. The SMILES string of the molecule is CCc1ccc(CC(O)c2cccc(C(F)(F)F)c2F)s1. The Balaban J connectivity index is 2.25. The zero-order valence-electron chi connectivity index (χ0n) is 11.2. The minimum absolute atomic E-state index is 0.100. The van der Waals surface area contributed by atoms with Gasteiger partial charge in [-0.2, -0.15) is 13.2 Å². The minimum Gasteiger partial charge on any atom is -0.388 e. The second-order valence-corrected chi connectivity index (χ2v) is 5.90. The van der Waals surface area contributed by atoms with Gasteiger partial charge >= 0.3 is 6.18 Å². The lowest BCUT2D eigenvalue weighted by Gasteiger charge is -2.15. The molecule has 1 nitrogen and oxygen atoms in total. The van der Waals surface area contributed by atoms with Crippen molar-refractivity contribution >= 4 is 11.3 Å². The van der Waals surface area contributed by atoms with Crippen LogP contribution in [0.5, 0.6) is 0 Å². The van der Waals surface area contributed by atoms with Crippen LogP contribution in [0.3, 0.4) is 0 Å². The first kappa shape index (κ1) is 16.0. The van der Waals surface area contributed by atoms with E-state index in [9.17, 15) is 22.7 Å². The summed E-state index contributed by atoms with van der Waals surface area (Å²) in [7, 11) is 0. The van der Waals surface area contributed by atoms with E-state index in [1.807, 2.05) is 13.0 Å². The van der Waals surface area contributed by atoms with Crippen LogP contribution >= 0.6 is 11.3 Å². The summed E-state index contributed by atoms with van der Waals surface area (Å²) < 4.78 is 51.9. The highest BCUT2D eigenvalue weighted by atomic mass is 32.1. The highest BCUT2D eigenvalue weighted by molar-refractivity contribution is 7.11. The van der Waals surface area contributed by atoms with Gasteiger partial charge in [-0.25, -0.2) is 4.39 Å². The summed E-state index contributed by atoms with van der Waals surface area (Å²) in [4.78, 5) is 1.93. The minimum atomic E-state index is -4.77. The topological polar surface area (TPSA) is 20.2 Å². The fraction of sp³-hybridized carbons (Fsp3) is 0.333. The van der Waals surface area contributed by atoms with Gasteiger partial charge in [-0.05, 0) is 24.6 Å². The van der Waals surface area contributed by atoms with Gasteiger partial charge in [0.2, 0.25) is 0 Å². The molecule has 0 saturated carbocycles. The summed E-state index contributed by atoms with van der Waals surface area (Å²) in [6.07, 6.45) is -5.12. The second-order valence-electron chi connectivity index (χ2n) is 4.65. The quantitative estimate of drug-likeness (QED) is 0.807. The summed E-state index contributed by atoms with van der Waals surface area (Å²) in [5, 5.41) is 10.0. The normalized spacial score (nSPS) is 13.4. The van der Waals surface area contributed by atoms with Crippen LogP contribution in [0.2, 0.25) is 0 Å². The van der Waals surface area contributed by atoms with Gasteiger partial charge in [-0.15, -0.1) is 11.3 Å². The van der Waals surface area contributed by atoms with Crippen molar-refractivity contribution in [3.63, 3.8) is 0 Å². The van der Waals surface area contributed by atoms with E-state index in [0.717, 1.165) is 22.2 Å². The number of hydrogen-bond donors (Lipinski definition) is 1. The fourth-order valence-corrected chi connectivity index (χ4v) is 3.04. The molecule has 1 N–H and O–H groups in total. The summed E-state index contributed by atoms with van der Waals surface area (Å²) in [6.45, 7) is 1.98.